The second-order valence-electron chi connectivity index (χ2n) is 12.6. The molecule has 3 nitrogen and oxygen atoms in total. The first-order chi connectivity index (χ1) is 20.9. The Morgan fingerprint density at radius 1 is 0.512 bits per heavy atom. The zero-order valence-electron chi connectivity index (χ0n) is 25.0. The van der Waals surface area contributed by atoms with Gasteiger partial charge in [-0.05, 0) is 77.1 Å². The van der Waals surface area contributed by atoms with Crippen molar-refractivity contribution >= 4 is 43.9 Å². The first-order valence-electron chi connectivity index (χ1n) is 15.0. The molecule has 5 aromatic carbocycles. The van der Waals surface area contributed by atoms with E-state index in [1.165, 1.54) is 38.4 Å². The van der Waals surface area contributed by atoms with Crippen LogP contribution < -0.4 is 0 Å². The van der Waals surface area contributed by atoms with Crippen LogP contribution in [0.15, 0.2) is 127 Å². The van der Waals surface area contributed by atoms with E-state index in [9.17, 15) is 0 Å². The van der Waals surface area contributed by atoms with Crippen molar-refractivity contribution in [2.45, 2.75) is 33.1 Å². The number of pyridine rings is 1. The van der Waals surface area contributed by atoms with E-state index in [-0.39, 0.29) is 5.41 Å². The number of para-hydroxylation sites is 3. The highest BCUT2D eigenvalue weighted by atomic mass is 15.1. The van der Waals surface area contributed by atoms with Crippen LogP contribution in [0.3, 0.4) is 0 Å². The minimum atomic E-state index is 0.0827. The number of hydrogen-bond donors (Lipinski definition) is 0. The van der Waals surface area contributed by atoms with Crippen molar-refractivity contribution in [3.05, 3.63) is 139 Å². The van der Waals surface area contributed by atoms with Gasteiger partial charge in [-0.3, -0.25) is 9.13 Å². The number of nitrogens with zero attached hydrogens (tertiary/aromatic N) is 3. The quantitative estimate of drug-likeness (QED) is 0.213. The van der Waals surface area contributed by atoms with Gasteiger partial charge in [-0.1, -0.05) is 106 Å². The average molecular weight is 556 g/mol. The normalized spacial score (nSPS) is 12.2. The second kappa shape index (κ2) is 9.43. The van der Waals surface area contributed by atoms with E-state index < -0.39 is 0 Å². The van der Waals surface area contributed by atoms with Gasteiger partial charge in [0.2, 0.25) is 0 Å². The molecule has 8 rings (SSSR count). The molecule has 0 bridgehead atoms. The Balaban J connectivity index is 1.44. The SMILES string of the molecule is Cc1ccc(C(C)(C)C)cc1-c1cccc(-n2c3ccccc3c3cc4c5ccccc5n(-c5ccccc5)c4nc32)c1. The van der Waals surface area contributed by atoms with E-state index in [4.69, 9.17) is 4.98 Å². The van der Waals surface area contributed by atoms with Crippen molar-refractivity contribution in [1.82, 2.24) is 14.1 Å². The Kier molecular flexibility index (Phi) is 5.61. The van der Waals surface area contributed by atoms with Crippen molar-refractivity contribution in [3.63, 3.8) is 0 Å². The summed E-state index contributed by atoms with van der Waals surface area (Å²) in [6.07, 6.45) is 0. The zero-order valence-corrected chi connectivity index (χ0v) is 25.0. The molecule has 0 aliphatic heterocycles. The maximum atomic E-state index is 5.50. The number of benzene rings is 5. The summed E-state index contributed by atoms with van der Waals surface area (Å²) in [4.78, 5) is 5.50. The van der Waals surface area contributed by atoms with Crippen LogP contribution in [0, 0.1) is 6.92 Å². The van der Waals surface area contributed by atoms with E-state index in [0.29, 0.717) is 0 Å². The molecule has 3 heterocycles. The van der Waals surface area contributed by atoms with Crippen molar-refractivity contribution in [3.8, 4) is 22.5 Å². The van der Waals surface area contributed by atoms with Crippen LogP contribution >= 0.6 is 0 Å². The molecule has 0 unspecified atom stereocenters. The molecule has 43 heavy (non-hydrogen) atoms. The first-order valence-corrected chi connectivity index (χ1v) is 15.0. The summed E-state index contributed by atoms with van der Waals surface area (Å²) in [6, 6.07) is 46.0. The smallest absolute Gasteiger partial charge is 0.148 e. The van der Waals surface area contributed by atoms with Crippen molar-refractivity contribution < 1.29 is 0 Å². The highest BCUT2D eigenvalue weighted by Crippen LogP contribution is 2.38. The summed E-state index contributed by atoms with van der Waals surface area (Å²) in [7, 11) is 0. The Morgan fingerprint density at radius 2 is 1.09 bits per heavy atom. The molecule has 0 aliphatic carbocycles. The van der Waals surface area contributed by atoms with Crippen molar-refractivity contribution in [1.29, 1.82) is 0 Å². The third kappa shape index (κ3) is 3.99. The van der Waals surface area contributed by atoms with E-state index in [0.717, 1.165) is 39.1 Å². The molecule has 0 fully saturated rings. The van der Waals surface area contributed by atoms with Crippen LogP contribution in [0.4, 0.5) is 0 Å². The number of fused-ring (bicyclic) bond motifs is 6. The molecule has 3 heteroatoms. The van der Waals surface area contributed by atoms with Gasteiger partial charge in [-0.25, -0.2) is 4.98 Å². The molecule has 0 atom stereocenters. The summed E-state index contributed by atoms with van der Waals surface area (Å²) in [5, 5.41) is 4.75. The fraction of sp³-hybridized carbons (Fsp3) is 0.125. The Hall–Kier alpha value is -5.15. The van der Waals surface area contributed by atoms with Crippen LogP contribution in [-0.4, -0.2) is 14.1 Å². The fourth-order valence-electron chi connectivity index (χ4n) is 6.56. The Morgan fingerprint density at radius 3 is 1.74 bits per heavy atom. The van der Waals surface area contributed by atoms with Crippen molar-refractivity contribution in [2.75, 3.05) is 0 Å². The highest BCUT2D eigenvalue weighted by molar-refractivity contribution is 6.16. The van der Waals surface area contributed by atoms with Gasteiger partial charge in [-0.2, -0.15) is 0 Å². The first kappa shape index (κ1) is 25.6. The summed E-state index contributed by atoms with van der Waals surface area (Å²) < 4.78 is 4.63. The van der Waals surface area contributed by atoms with Crippen molar-refractivity contribution in [2.24, 2.45) is 0 Å². The molecule has 0 radical (unpaired) electrons. The standard InChI is InChI=1S/C40H33N3/c1-26-21-22-28(40(2,3)4)24-33(26)27-13-12-16-30(23-27)43-37-20-11-9-18-32(37)35-25-34-31-17-8-10-19-36(31)42(38(34)41-39(35)43)29-14-6-5-7-15-29/h5-25H,1-4H3. The van der Waals surface area contributed by atoms with Gasteiger partial charge in [0.25, 0.3) is 0 Å². The van der Waals surface area contributed by atoms with Crippen LogP contribution in [-0.2, 0) is 5.41 Å². The lowest BCUT2D eigenvalue weighted by atomic mass is 9.84. The predicted octanol–water partition coefficient (Wildman–Crippen LogP) is 10.5. The summed E-state index contributed by atoms with van der Waals surface area (Å²) >= 11 is 0. The van der Waals surface area contributed by atoms with Gasteiger partial charge >= 0.3 is 0 Å². The lowest BCUT2D eigenvalue weighted by Gasteiger charge is -2.21. The van der Waals surface area contributed by atoms with Gasteiger partial charge in [0.15, 0.2) is 0 Å². The Bertz CT molecular complexity index is 2330. The third-order valence-corrected chi connectivity index (χ3v) is 8.81. The molecule has 0 spiro atoms. The molecule has 0 saturated heterocycles. The van der Waals surface area contributed by atoms with Crippen LogP contribution in [0.5, 0.6) is 0 Å². The van der Waals surface area contributed by atoms with E-state index in [1.807, 2.05) is 0 Å². The van der Waals surface area contributed by atoms with Gasteiger partial charge in [-0.15, -0.1) is 0 Å². The number of aromatic nitrogens is 3. The fourth-order valence-corrected chi connectivity index (χ4v) is 6.56. The lowest BCUT2D eigenvalue weighted by molar-refractivity contribution is 0.590. The molecular formula is C40H33N3. The maximum absolute atomic E-state index is 5.50. The molecule has 208 valence electrons. The highest BCUT2D eigenvalue weighted by Gasteiger charge is 2.20. The largest absolute Gasteiger partial charge is 0.294 e. The molecule has 0 amide bonds. The molecular weight excluding hydrogens is 522 g/mol. The van der Waals surface area contributed by atoms with E-state index in [1.54, 1.807) is 0 Å². The zero-order chi connectivity index (χ0) is 29.3. The maximum Gasteiger partial charge on any atom is 0.148 e. The molecule has 0 N–H and O–H groups in total. The summed E-state index contributed by atoms with van der Waals surface area (Å²) in [5.41, 5.74) is 11.7. The average Bonchev–Trinajstić information content (AvgIpc) is 3.52. The molecule has 0 aliphatic rings. The number of rotatable bonds is 3. The minimum absolute atomic E-state index is 0.0827. The lowest BCUT2D eigenvalue weighted by Crippen LogP contribution is -2.11. The van der Waals surface area contributed by atoms with Crippen LogP contribution in [0.2, 0.25) is 0 Å². The second-order valence-corrected chi connectivity index (χ2v) is 12.6. The topological polar surface area (TPSA) is 22.8 Å². The summed E-state index contributed by atoms with van der Waals surface area (Å²) in [5.74, 6) is 0. The third-order valence-electron chi connectivity index (χ3n) is 8.81. The van der Waals surface area contributed by atoms with E-state index >= 15 is 0 Å². The predicted molar refractivity (Wildman–Crippen MR) is 182 cm³/mol. The number of hydrogen-bond acceptors (Lipinski definition) is 1. The van der Waals surface area contributed by atoms with Gasteiger partial charge < -0.3 is 0 Å². The van der Waals surface area contributed by atoms with Gasteiger partial charge in [0.1, 0.15) is 11.3 Å². The van der Waals surface area contributed by atoms with Gasteiger partial charge in [0.05, 0.1) is 11.0 Å². The minimum Gasteiger partial charge on any atom is -0.294 e. The van der Waals surface area contributed by atoms with Gasteiger partial charge in [0, 0.05) is 32.9 Å². The molecule has 8 aromatic rings. The molecule has 0 saturated carbocycles. The number of aryl methyl sites for hydroxylation is 1. The summed E-state index contributed by atoms with van der Waals surface area (Å²) in [6.45, 7) is 9.03. The Labute approximate surface area is 251 Å². The van der Waals surface area contributed by atoms with Crippen LogP contribution in [0.1, 0.15) is 31.9 Å². The monoisotopic (exact) mass is 555 g/mol. The van der Waals surface area contributed by atoms with E-state index in [2.05, 4.69) is 164 Å². The van der Waals surface area contributed by atoms with Crippen LogP contribution in [0.25, 0.3) is 66.4 Å². The molecule has 3 aromatic heterocycles.